The molecule has 0 unspecified atom stereocenters. The molecule has 0 aromatic carbocycles. The third kappa shape index (κ3) is 1.52. The summed E-state index contributed by atoms with van der Waals surface area (Å²) in [6.07, 6.45) is 0. The van der Waals surface area contributed by atoms with Crippen LogP contribution in [-0.2, 0) is 10.8 Å². The van der Waals surface area contributed by atoms with Gasteiger partial charge in [0.25, 0.3) is 0 Å². The summed E-state index contributed by atoms with van der Waals surface area (Å²) < 4.78 is 11.1. The summed E-state index contributed by atoms with van der Waals surface area (Å²) in [4.78, 5) is 0. The first-order chi connectivity index (χ1) is 4.22. The lowest BCUT2D eigenvalue weighted by Gasteiger charge is -2.25. The van der Waals surface area contributed by atoms with Crippen molar-refractivity contribution in [2.24, 2.45) is 0 Å². The van der Waals surface area contributed by atoms with E-state index in [0.717, 1.165) is 12.3 Å². The molecule has 3 atom stereocenters. The largest absolute Gasteiger partial charge is 0.312 e. The molecule has 0 bridgehead atoms. The smallest absolute Gasteiger partial charge is 0.0470 e. The maximum atomic E-state index is 11.1. The quantitative estimate of drug-likeness (QED) is 0.527. The third-order valence-electron chi connectivity index (χ3n) is 1.89. The number of rotatable bonds is 0. The van der Waals surface area contributed by atoms with Gasteiger partial charge in [0.15, 0.2) is 0 Å². The molecule has 0 saturated carbocycles. The lowest BCUT2D eigenvalue weighted by Crippen LogP contribution is -2.46. The molecule has 1 saturated heterocycles. The van der Waals surface area contributed by atoms with E-state index in [-0.39, 0.29) is 0 Å². The van der Waals surface area contributed by atoms with E-state index >= 15 is 0 Å². The Kier molecular flexibility index (Phi) is 2.24. The molecule has 0 spiro atoms. The molecule has 0 aromatic rings. The highest BCUT2D eigenvalue weighted by atomic mass is 32.2. The Labute approximate surface area is 58.5 Å². The van der Waals surface area contributed by atoms with Crippen molar-refractivity contribution in [1.82, 2.24) is 5.32 Å². The molecular formula is C6H13NOS. The van der Waals surface area contributed by atoms with Gasteiger partial charge in [-0.15, -0.1) is 0 Å². The van der Waals surface area contributed by atoms with Gasteiger partial charge < -0.3 is 5.32 Å². The normalized spacial score (nSPS) is 44.9. The number of hydrogen-bond donors (Lipinski definition) is 1. The van der Waals surface area contributed by atoms with Gasteiger partial charge in [0.05, 0.1) is 0 Å². The summed E-state index contributed by atoms with van der Waals surface area (Å²) in [5, 5.41) is 3.60. The minimum atomic E-state index is -0.578. The van der Waals surface area contributed by atoms with Crippen LogP contribution in [0.3, 0.4) is 0 Å². The summed E-state index contributed by atoms with van der Waals surface area (Å²) in [5.41, 5.74) is 0. The van der Waals surface area contributed by atoms with Gasteiger partial charge in [0, 0.05) is 34.4 Å². The van der Waals surface area contributed by atoms with Gasteiger partial charge in [-0.2, -0.15) is 0 Å². The van der Waals surface area contributed by atoms with Crippen LogP contribution in [0.2, 0.25) is 0 Å². The molecule has 0 radical (unpaired) electrons. The highest BCUT2D eigenvalue weighted by Crippen LogP contribution is 2.05. The minimum Gasteiger partial charge on any atom is -0.312 e. The fraction of sp³-hybridized carbons (Fsp3) is 1.00. The average Bonchev–Trinajstić information content (AvgIpc) is 1.83. The Morgan fingerprint density at radius 2 is 2.22 bits per heavy atom. The van der Waals surface area contributed by atoms with Crippen LogP contribution in [0, 0.1) is 0 Å². The molecule has 0 amide bonds. The van der Waals surface area contributed by atoms with E-state index in [9.17, 15) is 4.21 Å². The van der Waals surface area contributed by atoms with Crippen molar-refractivity contribution in [2.45, 2.75) is 25.1 Å². The van der Waals surface area contributed by atoms with Crippen molar-refractivity contribution in [3.8, 4) is 0 Å². The standard InChI is InChI=1S/C6H13NOS/c1-5-6(2)9(8)4-3-7-5/h5-7H,3-4H2,1-2H3/t5-,6+,9+/m0/s1. The van der Waals surface area contributed by atoms with Crippen LogP contribution in [0.1, 0.15) is 13.8 Å². The van der Waals surface area contributed by atoms with Crippen LogP contribution in [0.4, 0.5) is 0 Å². The third-order valence-corrected chi connectivity index (χ3v) is 3.73. The molecule has 2 nitrogen and oxygen atoms in total. The maximum absolute atomic E-state index is 11.1. The average molecular weight is 147 g/mol. The second-order valence-corrected chi connectivity index (χ2v) is 4.45. The first-order valence-corrected chi connectivity index (χ1v) is 4.70. The zero-order valence-corrected chi connectivity index (χ0v) is 6.70. The van der Waals surface area contributed by atoms with E-state index in [2.05, 4.69) is 12.2 Å². The molecule has 1 N–H and O–H groups in total. The summed E-state index contributed by atoms with van der Waals surface area (Å²) in [7, 11) is -0.578. The van der Waals surface area contributed by atoms with E-state index in [4.69, 9.17) is 0 Å². The van der Waals surface area contributed by atoms with Crippen LogP contribution in [0.5, 0.6) is 0 Å². The van der Waals surface area contributed by atoms with Gasteiger partial charge in [-0.1, -0.05) is 0 Å². The van der Waals surface area contributed by atoms with E-state index in [1.54, 1.807) is 0 Å². The Morgan fingerprint density at radius 3 is 2.67 bits per heavy atom. The lowest BCUT2D eigenvalue weighted by atomic mass is 10.2. The maximum Gasteiger partial charge on any atom is 0.0470 e. The number of hydrogen-bond acceptors (Lipinski definition) is 2. The first-order valence-electron chi connectivity index (χ1n) is 3.32. The van der Waals surface area contributed by atoms with Crippen molar-refractivity contribution >= 4 is 10.8 Å². The summed E-state index contributed by atoms with van der Waals surface area (Å²) >= 11 is 0. The van der Waals surface area contributed by atoms with Crippen LogP contribution in [-0.4, -0.2) is 27.8 Å². The summed E-state index contributed by atoms with van der Waals surface area (Å²) in [6.45, 7) is 5.03. The molecule has 9 heavy (non-hydrogen) atoms. The molecule has 1 heterocycles. The molecule has 1 aliphatic rings. The Bertz CT molecular complexity index is 126. The molecule has 3 heteroatoms. The Morgan fingerprint density at radius 1 is 1.56 bits per heavy atom. The van der Waals surface area contributed by atoms with Crippen LogP contribution in [0.25, 0.3) is 0 Å². The predicted octanol–water partition coefficient (Wildman–Crippen LogP) is 0.115. The van der Waals surface area contributed by atoms with Crippen molar-refractivity contribution < 1.29 is 4.21 Å². The van der Waals surface area contributed by atoms with Gasteiger partial charge in [-0.05, 0) is 13.8 Å². The van der Waals surface area contributed by atoms with Crippen molar-refractivity contribution in [2.75, 3.05) is 12.3 Å². The second-order valence-electron chi connectivity index (χ2n) is 2.53. The molecule has 1 fully saturated rings. The zero-order chi connectivity index (χ0) is 6.85. The topological polar surface area (TPSA) is 29.1 Å². The van der Waals surface area contributed by atoms with Gasteiger partial charge in [0.2, 0.25) is 0 Å². The zero-order valence-electron chi connectivity index (χ0n) is 5.89. The summed E-state index contributed by atoms with van der Waals surface area (Å²) in [5.74, 6) is 0.825. The molecule has 1 aliphatic heterocycles. The van der Waals surface area contributed by atoms with Crippen molar-refractivity contribution in [3.05, 3.63) is 0 Å². The van der Waals surface area contributed by atoms with Gasteiger partial charge in [-0.3, -0.25) is 4.21 Å². The SMILES string of the molecule is C[C@@H]1NCC[S@@](=O)[C@@H]1C. The fourth-order valence-corrected chi connectivity index (χ4v) is 2.21. The van der Waals surface area contributed by atoms with Crippen LogP contribution in [0.15, 0.2) is 0 Å². The van der Waals surface area contributed by atoms with E-state index in [1.165, 1.54) is 0 Å². The van der Waals surface area contributed by atoms with Gasteiger partial charge >= 0.3 is 0 Å². The summed E-state index contributed by atoms with van der Waals surface area (Å²) in [6, 6.07) is 0.430. The predicted molar refractivity (Wildman–Crippen MR) is 39.9 cm³/mol. The molecule has 1 rings (SSSR count). The number of nitrogens with one attached hydrogen (secondary N) is 1. The van der Waals surface area contributed by atoms with E-state index in [1.807, 2.05) is 6.92 Å². The van der Waals surface area contributed by atoms with E-state index < -0.39 is 10.8 Å². The molecule has 54 valence electrons. The Hall–Kier alpha value is 0.110. The van der Waals surface area contributed by atoms with Crippen LogP contribution >= 0.6 is 0 Å². The molecule has 0 aliphatic carbocycles. The lowest BCUT2D eigenvalue weighted by molar-refractivity contribution is 0.528. The van der Waals surface area contributed by atoms with Crippen molar-refractivity contribution in [1.29, 1.82) is 0 Å². The van der Waals surface area contributed by atoms with Crippen LogP contribution < -0.4 is 5.32 Å². The fourth-order valence-electron chi connectivity index (χ4n) is 0.967. The minimum absolute atomic E-state index is 0.332. The Balaban J connectivity index is 2.51. The molecular weight excluding hydrogens is 134 g/mol. The highest BCUT2D eigenvalue weighted by molar-refractivity contribution is 7.85. The first kappa shape index (κ1) is 7.22. The highest BCUT2D eigenvalue weighted by Gasteiger charge is 2.22. The van der Waals surface area contributed by atoms with Crippen molar-refractivity contribution in [3.63, 3.8) is 0 Å². The molecule has 0 aromatic heterocycles. The monoisotopic (exact) mass is 147 g/mol. The second kappa shape index (κ2) is 2.80. The van der Waals surface area contributed by atoms with Gasteiger partial charge in [-0.25, -0.2) is 0 Å². The van der Waals surface area contributed by atoms with Gasteiger partial charge in [0.1, 0.15) is 0 Å². The van der Waals surface area contributed by atoms with E-state index in [0.29, 0.717) is 11.3 Å².